The van der Waals surface area contributed by atoms with Crippen LogP contribution in [-0.2, 0) is 10.8 Å². The van der Waals surface area contributed by atoms with Crippen molar-refractivity contribution in [1.29, 1.82) is 0 Å². The van der Waals surface area contributed by atoms with E-state index in [2.05, 4.69) is 5.32 Å². The Morgan fingerprint density at radius 3 is 2.70 bits per heavy atom. The molecule has 112 valence electrons. The van der Waals surface area contributed by atoms with Crippen molar-refractivity contribution < 1.29 is 13.9 Å². The van der Waals surface area contributed by atoms with Gasteiger partial charge in [-0.05, 0) is 19.9 Å². The van der Waals surface area contributed by atoms with Crippen molar-refractivity contribution in [2.24, 2.45) is 0 Å². The highest BCUT2D eigenvalue weighted by atomic mass is 32.2. The SMILES string of the molecule is CCS(=O)CCNc1ccc([N+](=O)[O-])c(OC(C)C)c1. The number of nitrogens with zero attached hydrogens (tertiary/aromatic N) is 1. The van der Waals surface area contributed by atoms with Crippen LogP contribution in [0.2, 0.25) is 0 Å². The summed E-state index contributed by atoms with van der Waals surface area (Å²) in [4.78, 5) is 10.5. The van der Waals surface area contributed by atoms with Gasteiger partial charge < -0.3 is 10.1 Å². The third-order valence-corrected chi connectivity index (χ3v) is 3.80. The minimum atomic E-state index is -0.829. The summed E-state index contributed by atoms with van der Waals surface area (Å²) in [5.41, 5.74) is 0.667. The molecule has 6 nitrogen and oxygen atoms in total. The number of hydrogen-bond donors (Lipinski definition) is 1. The highest BCUT2D eigenvalue weighted by Crippen LogP contribution is 2.30. The van der Waals surface area contributed by atoms with Gasteiger partial charge in [0, 0.05) is 46.7 Å². The summed E-state index contributed by atoms with van der Waals surface area (Å²) in [6.07, 6.45) is -0.142. The van der Waals surface area contributed by atoms with E-state index in [-0.39, 0.29) is 17.5 Å². The quantitative estimate of drug-likeness (QED) is 0.589. The number of benzene rings is 1. The molecule has 1 aromatic rings. The molecule has 0 aromatic heterocycles. The third kappa shape index (κ3) is 5.16. The molecule has 0 aliphatic rings. The van der Waals surface area contributed by atoms with Crippen LogP contribution >= 0.6 is 0 Å². The van der Waals surface area contributed by atoms with Gasteiger partial charge in [-0.2, -0.15) is 0 Å². The number of rotatable bonds is 8. The van der Waals surface area contributed by atoms with Crippen LogP contribution < -0.4 is 10.1 Å². The Labute approximate surface area is 121 Å². The van der Waals surface area contributed by atoms with Gasteiger partial charge in [0.15, 0.2) is 5.75 Å². The molecule has 1 aromatic carbocycles. The first kappa shape index (κ1) is 16.4. The fourth-order valence-electron chi connectivity index (χ4n) is 1.58. The van der Waals surface area contributed by atoms with Crippen molar-refractivity contribution in [1.82, 2.24) is 0 Å². The molecule has 0 saturated carbocycles. The maximum absolute atomic E-state index is 11.3. The highest BCUT2D eigenvalue weighted by molar-refractivity contribution is 7.84. The monoisotopic (exact) mass is 300 g/mol. The van der Waals surface area contributed by atoms with E-state index in [4.69, 9.17) is 4.74 Å². The lowest BCUT2D eigenvalue weighted by molar-refractivity contribution is -0.386. The van der Waals surface area contributed by atoms with Crippen molar-refractivity contribution in [3.8, 4) is 5.75 Å². The van der Waals surface area contributed by atoms with Crippen LogP contribution in [0, 0.1) is 10.1 Å². The van der Waals surface area contributed by atoms with E-state index in [1.165, 1.54) is 6.07 Å². The lowest BCUT2D eigenvalue weighted by atomic mass is 10.2. The first-order valence-electron chi connectivity index (χ1n) is 6.48. The van der Waals surface area contributed by atoms with E-state index < -0.39 is 15.7 Å². The van der Waals surface area contributed by atoms with Crippen LogP contribution in [-0.4, -0.2) is 33.3 Å². The molecule has 7 heteroatoms. The summed E-state index contributed by atoms with van der Waals surface area (Å²) in [7, 11) is -0.829. The maximum atomic E-state index is 11.3. The second kappa shape index (κ2) is 7.84. The molecule has 0 bridgehead atoms. The average molecular weight is 300 g/mol. The van der Waals surface area contributed by atoms with Crippen LogP contribution in [0.15, 0.2) is 18.2 Å². The van der Waals surface area contributed by atoms with Gasteiger partial charge >= 0.3 is 5.69 Å². The summed E-state index contributed by atoms with van der Waals surface area (Å²) in [5.74, 6) is 1.42. The lowest BCUT2D eigenvalue weighted by Crippen LogP contribution is -2.12. The van der Waals surface area contributed by atoms with E-state index in [9.17, 15) is 14.3 Å². The largest absolute Gasteiger partial charge is 0.484 e. The molecule has 0 heterocycles. The van der Waals surface area contributed by atoms with E-state index in [1.807, 2.05) is 20.8 Å². The van der Waals surface area contributed by atoms with Crippen molar-refractivity contribution in [2.75, 3.05) is 23.4 Å². The van der Waals surface area contributed by atoms with Gasteiger partial charge in [0.2, 0.25) is 0 Å². The highest BCUT2D eigenvalue weighted by Gasteiger charge is 2.16. The first-order valence-corrected chi connectivity index (χ1v) is 7.96. The summed E-state index contributed by atoms with van der Waals surface area (Å²) < 4.78 is 16.8. The van der Waals surface area contributed by atoms with E-state index in [0.717, 1.165) is 5.69 Å². The number of nitro groups is 1. The van der Waals surface area contributed by atoms with Gasteiger partial charge in [0.05, 0.1) is 11.0 Å². The molecule has 1 atom stereocenters. The predicted octanol–water partition coefficient (Wildman–Crippen LogP) is 2.56. The minimum Gasteiger partial charge on any atom is -0.484 e. The van der Waals surface area contributed by atoms with Gasteiger partial charge in [0.1, 0.15) is 0 Å². The second-order valence-electron chi connectivity index (χ2n) is 4.47. The summed E-state index contributed by atoms with van der Waals surface area (Å²) in [6.45, 7) is 6.05. The maximum Gasteiger partial charge on any atom is 0.311 e. The molecule has 0 spiro atoms. The van der Waals surface area contributed by atoms with Crippen molar-refractivity contribution >= 4 is 22.2 Å². The van der Waals surface area contributed by atoms with E-state index in [0.29, 0.717) is 18.1 Å². The van der Waals surface area contributed by atoms with Crippen LogP contribution in [0.25, 0.3) is 0 Å². The molecule has 0 radical (unpaired) electrons. The smallest absolute Gasteiger partial charge is 0.311 e. The molecule has 1 unspecified atom stereocenters. The zero-order valence-electron chi connectivity index (χ0n) is 11.9. The Bertz CT molecular complexity index is 491. The van der Waals surface area contributed by atoms with Gasteiger partial charge in [-0.15, -0.1) is 0 Å². The zero-order valence-corrected chi connectivity index (χ0v) is 12.7. The molecule has 0 amide bonds. The molecular formula is C13H20N2O4S. The zero-order chi connectivity index (χ0) is 15.1. The summed E-state index contributed by atoms with van der Waals surface area (Å²) in [6, 6.07) is 4.64. The molecule has 1 rings (SSSR count). The Kier molecular flexibility index (Phi) is 6.44. The van der Waals surface area contributed by atoms with Gasteiger partial charge in [-0.3, -0.25) is 14.3 Å². The van der Waals surface area contributed by atoms with Crippen LogP contribution in [0.3, 0.4) is 0 Å². The number of ether oxygens (including phenoxy) is 1. The third-order valence-electron chi connectivity index (χ3n) is 2.50. The first-order chi connectivity index (χ1) is 9.43. The number of anilines is 1. The van der Waals surface area contributed by atoms with Crippen molar-refractivity contribution in [3.05, 3.63) is 28.3 Å². The van der Waals surface area contributed by atoms with Crippen molar-refractivity contribution in [3.63, 3.8) is 0 Å². The number of nitro benzene ring substituents is 1. The summed E-state index contributed by atoms with van der Waals surface area (Å²) in [5, 5.41) is 14.0. The van der Waals surface area contributed by atoms with Gasteiger partial charge in [0.25, 0.3) is 0 Å². The number of nitrogens with one attached hydrogen (secondary N) is 1. The predicted molar refractivity (Wildman–Crippen MR) is 80.9 cm³/mol. The van der Waals surface area contributed by atoms with E-state index >= 15 is 0 Å². The average Bonchev–Trinajstić information content (AvgIpc) is 2.37. The van der Waals surface area contributed by atoms with Gasteiger partial charge in [-0.25, -0.2) is 0 Å². The standard InChI is InChI=1S/C13H20N2O4S/c1-4-20(18)8-7-14-11-5-6-12(15(16)17)13(9-11)19-10(2)3/h5-6,9-10,14H,4,7-8H2,1-3H3. The summed E-state index contributed by atoms with van der Waals surface area (Å²) >= 11 is 0. The fourth-order valence-corrected chi connectivity index (χ4v) is 2.20. The molecule has 0 fully saturated rings. The topological polar surface area (TPSA) is 81.5 Å². The Morgan fingerprint density at radius 1 is 1.45 bits per heavy atom. The molecule has 1 N–H and O–H groups in total. The normalized spacial score (nSPS) is 12.2. The van der Waals surface area contributed by atoms with Crippen molar-refractivity contribution in [2.45, 2.75) is 26.9 Å². The lowest BCUT2D eigenvalue weighted by Gasteiger charge is -2.12. The molecule has 20 heavy (non-hydrogen) atoms. The van der Waals surface area contributed by atoms with Gasteiger partial charge in [-0.1, -0.05) is 6.92 Å². The van der Waals surface area contributed by atoms with Crippen LogP contribution in [0.4, 0.5) is 11.4 Å². The Hall–Kier alpha value is -1.63. The number of hydrogen-bond acceptors (Lipinski definition) is 5. The van der Waals surface area contributed by atoms with Crippen LogP contribution in [0.1, 0.15) is 20.8 Å². The Morgan fingerprint density at radius 2 is 2.15 bits per heavy atom. The second-order valence-corrected chi connectivity index (χ2v) is 6.33. The Balaban J connectivity index is 2.78. The molecule has 0 aliphatic carbocycles. The fraction of sp³-hybridized carbons (Fsp3) is 0.538. The van der Waals surface area contributed by atoms with E-state index in [1.54, 1.807) is 12.1 Å². The van der Waals surface area contributed by atoms with Crippen LogP contribution in [0.5, 0.6) is 5.75 Å². The minimum absolute atomic E-state index is 0.0543. The molecule has 0 aliphatic heterocycles. The molecule has 0 saturated heterocycles. The molecular weight excluding hydrogens is 280 g/mol.